The molecule has 0 amide bonds. The van der Waals surface area contributed by atoms with Gasteiger partial charge in [0.25, 0.3) is 0 Å². The lowest BCUT2D eigenvalue weighted by molar-refractivity contribution is 0.548. The van der Waals surface area contributed by atoms with Gasteiger partial charge in [-0.2, -0.15) is 0 Å². The van der Waals surface area contributed by atoms with Crippen molar-refractivity contribution in [3.8, 4) is 0 Å². The summed E-state index contributed by atoms with van der Waals surface area (Å²) in [6, 6.07) is 5.92. The van der Waals surface area contributed by atoms with Crippen molar-refractivity contribution < 1.29 is 0 Å². The standard InChI is InChI=1S/C13H16ClN3S/c1-8-7-18-13(16-8)6-12(17-15)10-4-3-5-11(14)9(10)2/h3-5,7,12,17H,6,15H2,1-2H3. The van der Waals surface area contributed by atoms with Crippen molar-refractivity contribution in [2.75, 3.05) is 0 Å². The minimum absolute atomic E-state index is 0.0363. The average Bonchev–Trinajstić information content (AvgIpc) is 2.76. The van der Waals surface area contributed by atoms with Gasteiger partial charge >= 0.3 is 0 Å². The van der Waals surface area contributed by atoms with E-state index in [0.717, 1.165) is 33.3 Å². The average molecular weight is 282 g/mol. The predicted octanol–water partition coefficient (Wildman–Crippen LogP) is 3.16. The van der Waals surface area contributed by atoms with Gasteiger partial charge in [-0.25, -0.2) is 4.98 Å². The highest BCUT2D eigenvalue weighted by Crippen LogP contribution is 2.26. The Hall–Kier alpha value is -0.940. The van der Waals surface area contributed by atoms with Crippen LogP contribution in [0.1, 0.15) is 27.9 Å². The van der Waals surface area contributed by atoms with Crippen molar-refractivity contribution in [1.29, 1.82) is 0 Å². The third-order valence-corrected chi connectivity index (χ3v) is 4.33. The highest BCUT2D eigenvalue weighted by molar-refractivity contribution is 7.09. The van der Waals surface area contributed by atoms with Gasteiger partial charge in [0.1, 0.15) is 0 Å². The third-order valence-electron chi connectivity index (χ3n) is 2.93. The second kappa shape index (κ2) is 5.80. The Morgan fingerprint density at radius 2 is 2.22 bits per heavy atom. The molecule has 0 aliphatic heterocycles. The summed E-state index contributed by atoms with van der Waals surface area (Å²) < 4.78 is 0. The summed E-state index contributed by atoms with van der Waals surface area (Å²) in [5, 5.41) is 3.89. The molecule has 0 fully saturated rings. The number of rotatable bonds is 4. The number of hydrogen-bond acceptors (Lipinski definition) is 4. The maximum Gasteiger partial charge on any atom is 0.0947 e. The van der Waals surface area contributed by atoms with Gasteiger partial charge in [0.2, 0.25) is 0 Å². The number of aryl methyl sites for hydroxylation is 1. The second-order valence-electron chi connectivity index (χ2n) is 4.26. The zero-order valence-corrected chi connectivity index (χ0v) is 12.0. The third kappa shape index (κ3) is 2.90. The molecule has 0 aliphatic rings. The predicted molar refractivity (Wildman–Crippen MR) is 76.8 cm³/mol. The van der Waals surface area contributed by atoms with E-state index in [9.17, 15) is 0 Å². The van der Waals surface area contributed by atoms with Crippen LogP contribution in [0.15, 0.2) is 23.6 Å². The molecule has 1 aromatic heterocycles. The van der Waals surface area contributed by atoms with E-state index in [0.29, 0.717) is 0 Å². The minimum Gasteiger partial charge on any atom is -0.271 e. The molecule has 18 heavy (non-hydrogen) atoms. The van der Waals surface area contributed by atoms with Crippen LogP contribution >= 0.6 is 22.9 Å². The monoisotopic (exact) mass is 281 g/mol. The van der Waals surface area contributed by atoms with Gasteiger partial charge in [0.05, 0.1) is 11.0 Å². The Bertz CT molecular complexity index is 539. The number of hydrogen-bond donors (Lipinski definition) is 2. The van der Waals surface area contributed by atoms with Crippen LogP contribution in [0.2, 0.25) is 5.02 Å². The maximum absolute atomic E-state index is 6.14. The molecule has 1 atom stereocenters. The lowest BCUT2D eigenvalue weighted by Crippen LogP contribution is -2.30. The summed E-state index contributed by atoms with van der Waals surface area (Å²) >= 11 is 7.80. The van der Waals surface area contributed by atoms with E-state index in [1.807, 2.05) is 37.4 Å². The summed E-state index contributed by atoms with van der Waals surface area (Å²) in [7, 11) is 0. The number of aromatic nitrogens is 1. The molecule has 0 spiro atoms. The van der Waals surface area contributed by atoms with Gasteiger partial charge < -0.3 is 0 Å². The van der Waals surface area contributed by atoms with Crippen LogP contribution in [0.4, 0.5) is 0 Å². The van der Waals surface area contributed by atoms with E-state index in [1.165, 1.54) is 0 Å². The number of thiazole rings is 1. The van der Waals surface area contributed by atoms with Crippen molar-refractivity contribution in [2.24, 2.45) is 5.84 Å². The molecule has 1 heterocycles. The van der Waals surface area contributed by atoms with Crippen molar-refractivity contribution in [3.05, 3.63) is 50.4 Å². The molecular weight excluding hydrogens is 266 g/mol. The van der Waals surface area contributed by atoms with Gasteiger partial charge in [0.15, 0.2) is 0 Å². The number of nitrogens with one attached hydrogen (secondary N) is 1. The topological polar surface area (TPSA) is 50.9 Å². The van der Waals surface area contributed by atoms with Crippen molar-refractivity contribution in [2.45, 2.75) is 26.3 Å². The largest absolute Gasteiger partial charge is 0.271 e. The molecule has 3 nitrogen and oxygen atoms in total. The molecule has 0 saturated carbocycles. The summed E-state index contributed by atoms with van der Waals surface area (Å²) in [5.41, 5.74) is 6.09. The number of halogens is 1. The zero-order chi connectivity index (χ0) is 13.1. The van der Waals surface area contributed by atoms with Gasteiger partial charge in [-0.15, -0.1) is 11.3 Å². The summed E-state index contributed by atoms with van der Waals surface area (Å²) in [6.45, 7) is 4.00. The van der Waals surface area contributed by atoms with E-state index >= 15 is 0 Å². The Labute approximate surface area is 116 Å². The molecule has 0 radical (unpaired) electrons. The lowest BCUT2D eigenvalue weighted by Gasteiger charge is -2.18. The fourth-order valence-electron chi connectivity index (χ4n) is 1.93. The van der Waals surface area contributed by atoms with Crippen LogP contribution in [-0.4, -0.2) is 4.98 Å². The zero-order valence-electron chi connectivity index (χ0n) is 10.4. The Morgan fingerprint density at radius 1 is 1.44 bits per heavy atom. The molecule has 1 aromatic carbocycles. The van der Waals surface area contributed by atoms with E-state index in [2.05, 4.69) is 10.4 Å². The van der Waals surface area contributed by atoms with Gasteiger partial charge in [0, 0.05) is 22.5 Å². The van der Waals surface area contributed by atoms with E-state index in [4.69, 9.17) is 17.4 Å². The first kappa shape index (κ1) is 13.5. The maximum atomic E-state index is 6.14. The highest BCUT2D eigenvalue weighted by atomic mass is 35.5. The first-order chi connectivity index (χ1) is 8.61. The molecule has 2 aromatic rings. The molecular formula is C13H16ClN3S. The molecule has 0 saturated heterocycles. The molecule has 3 N–H and O–H groups in total. The number of nitrogens with zero attached hydrogens (tertiary/aromatic N) is 1. The molecule has 96 valence electrons. The normalized spacial score (nSPS) is 12.7. The van der Waals surface area contributed by atoms with Crippen LogP contribution in [-0.2, 0) is 6.42 Å². The number of nitrogens with two attached hydrogens (primary N) is 1. The number of benzene rings is 1. The second-order valence-corrected chi connectivity index (χ2v) is 5.61. The van der Waals surface area contributed by atoms with Crippen LogP contribution in [0.5, 0.6) is 0 Å². The van der Waals surface area contributed by atoms with Gasteiger partial charge in [-0.1, -0.05) is 23.7 Å². The minimum atomic E-state index is 0.0363. The molecule has 0 bridgehead atoms. The first-order valence-corrected chi connectivity index (χ1v) is 6.99. The fraction of sp³-hybridized carbons (Fsp3) is 0.308. The SMILES string of the molecule is Cc1csc(CC(NN)c2cccc(Cl)c2C)n1. The summed E-state index contributed by atoms with van der Waals surface area (Å²) in [5.74, 6) is 5.66. The molecule has 5 heteroatoms. The lowest BCUT2D eigenvalue weighted by atomic mass is 9.99. The van der Waals surface area contributed by atoms with E-state index < -0.39 is 0 Å². The molecule has 1 unspecified atom stereocenters. The highest BCUT2D eigenvalue weighted by Gasteiger charge is 2.15. The smallest absolute Gasteiger partial charge is 0.0947 e. The van der Waals surface area contributed by atoms with Crippen molar-refractivity contribution in [3.63, 3.8) is 0 Å². The van der Waals surface area contributed by atoms with E-state index in [-0.39, 0.29) is 6.04 Å². The summed E-state index contributed by atoms with van der Waals surface area (Å²) in [6.07, 6.45) is 0.774. The first-order valence-electron chi connectivity index (χ1n) is 5.74. The number of hydrazine groups is 1. The summed E-state index contributed by atoms with van der Waals surface area (Å²) in [4.78, 5) is 4.47. The molecule has 2 rings (SSSR count). The fourth-order valence-corrected chi connectivity index (χ4v) is 2.93. The van der Waals surface area contributed by atoms with Crippen LogP contribution < -0.4 is 11.3 Å². The van der Waals surface area contributed by atoms with Crippen LogP contribution in [0.25, 0.3) is 0 Å². The van der Waals surface area contributed by atoms with Crippen LogP contribution in [0, 0.1) is 13.8 Å². The molecule has 0 aliphatic carbocycles. The Morgan fingerprint density at radius 3 is 2.83 bits per heavy atom. The quantitative estimate of drug-likeness (QED) is 0.669. The Kier molecular flexibility index (Phi) is 4.35. The van der Waals surface area contributed by atoms with E-state index in [1.54, 1.807) is 11.3 Å². The van der Waals surface area contributed by atoms with Crippen LogP contribution in [0.3, 0.4) is 0 Å². The van der Waals surface area contributed by atoms with Gasteiger partial charge in [-0.05, 0) is 31.0 Å². The van der Waals surface area contributed by atoms with Crippen molar-refractivity contribution in [1.82, 2.24) is 10.4 Å². The van der Waals surface area contributed by atoms with Crippen molar-refractivity contribution >= 4 is 22.9 Å². The Balaban J connectivity index is 2.25. The van der Waals surface area contributed by atoms with Gasteiger partial charge in [-0.3, -0.25) is 11.3 Å².